The van der Waals surface area contributed by atoms with E-state index >= 15 is 0 Å². The van der Waals surface area contributed by atoms with Crippen molar-refractivity contribution in [2.24, 2.45) is 11.8 Å². The minimum Gasteiger partial charge on any atom is -0.348 e. The van der Waals surface area contributed by atoms with E-state index in [0.29, 0.717) is 0 Å². The van der Waals surface area contributed by atoms with E-state index in [1.807, 2.05) is 19.1 Å². The summed E-state index contributed by atoms with van der Waals surface area (Å²) in [5, 5.41) is 3.20. The third-order valence-electron chi connectivity index (χ3n) is 5.59. The van der Waals surface area contributed by atoms with Crippen LogP contribution < -0.4 is 5.32 Å². The van der Waals surface area contributed by atoms with Crippen LogP contribution in [-0.4, -0.2) is 29.9 Å². The van der Waals surface area contributed by atoms with Gasteiger partial charge in [0.2, 0.25) is 5.91 Å². The maximum atomic E-state index is 12.7. The normalized spacial score (nSPS) is 26.6. The molecular formula is C20H28N2O. The van der Waals surface area contributed by atoms with Gasteiger partial charge in [-0.05, 0) is 56.6 Å². The molecule has 1 fully saturated rings. The quantitative estimate of drug-likeness (QED) is 0.864. The highest BCUT2D eigenvalue weighted by Crippen LogP contribution is 2.33. The summed E-state index contributed by atoms with van der Waals surface area (Å²) in [6.45, 7) is 8.33. The van der Waals surface area contributed by atoms with Crippen molar-refractivity contribution >= 4 is 5.91 Å². The summed E-state index contributed by atoms with van der Waals surface area (Å²) < 4.78 is 0. The SMILES string of the molecule is Cc1ccccc1C(C)NC(=O)C(C)N1CC2CC=CCC2C1. The summed E-state index contributed by atoms with van der Waals surface area (Å²) in [5.74, 6) is 1.63. The summed E-state index contributed by atoms with van der Waals surface area (Å²) in [4.78, 5) is 15.0. The molecule has 3 rings (SSSR count). The molecule has 4 unspecified atom stereocenters. The van der Waals surface area contributed by atoms with Gasteiger partial charge in [0, 0.05) is 13.1 Å². The third-order valence-corrected chi connectivity index (χ3v) is 5.59. The molecule has 1 saturated heterocycles. The molecule has 1 amide bonds. The standard InChI is InChI=1S/C20H28N2O/c1-14-8-4-7-11-19(14)15(2)21-20(23)16(3)22-12-17-9-5-6-10-18(17)13-22/h4-8,11,15-18H,9-10,12-13H2,1-3H3,(H,21,23). The molecule has 0 bridgehead atoms. The average Bonchev–Trinajstić information content (AvgIpc) is 2.98. The first-order valence-electron chi connectivity index (χ1n) is 8.81. The fraction of sp³-hybridized carbons (Fsp3) is 0.550. The predicted octanol–water partition coefficient (Wildman–Crippen LogP) is 3.46. The Kier molecular flexibility index (Phi) is 4.86. The molecule has 4 atom stereocenters. The lowest BCUT2D eigenvalue weighted by atomic mass is 9.86. The Hall–Kier alpha value is -1.61. The van der Waals surface area contributed by atoms with Crippen molar-refractivity contribution in [3.8, 4) is 0 Å². The predicted molar refractivity (Wildman–Crippen MR) is 94.1 cm³/mol. The minimum atomic E-state index is -0.0490. The van der Waals surface area contributed by atoms with Gasteiger partial charge in [0.05, 0.1) is 12.1 Å². The second-order valence-corrected chi connectivity index (χ2v) is 7.18. The van der Waals surface area contributed by atoms with Gasteiger partial charge in [0.1, 0.15) is 0 Å². The van der Waals surface area contributed by atoms with E-state index in [9.17, 15) is 4.79 Å². The van der Waals surface area contributed by atoms with Crippen molar-refractivity contribution < 1.29 is 4.79 Å². The Morgan fingerprint density at radius 3 is 2.35 bits per heavy atom. The highest BCUT2D eigenvalue weighted by molar-refractivity contribution is 5.81. The van der Waals surface area contributed by atoms with Gasteiger partial charge < -0.3 is 5.32 Å². The van der Waals surface area contributed by atoms with Crippen LogP contribution in [0.4, 0.5) is 0 Å². The average molecular weight is 312 g/mol. The second kappa shape index (κ2) is 6.88. The molecule has 3 heteroatoms. The van der Waals surface area contributed by atoms with Crippen molar-refractivity contribution in [3.05, 3.63) is 47.5 Å². The van der Waals surface area contributed by atoms with Crippen LogP contribution in [0, 0.1) is 18.8 Å². The van der Waals surface area contributed by atoms with Gasteiger partial charge in [-0.25, -0.2) is 0 Å². The number of carbonyl (C=O) groups excluding carboxylic acids is 1. The van der Waals surface area contributed by atoms with E-state index in [1.54, 1.807) is 0 Å². The monoisotopic (exact) mass is 312 g/mol. The van der Waals surface area contributed by atoms with Gasteiger partial charge in [-0.15, -0.1) is 0 Å². The number of rotatable bonds is 4. The summed E-state index contributed by atoms with van der Waals surface area (Å²) in [5.41, 5.74) is 2.43. The van der Waals surface area contributed by atoms with Crippen LogP contribution in [-0.2, 0) is 4.79 Å². The zero-order valence-electron chi connectivity index (χ0n) is 14.5. The number of benzene rings is 1. The maximum Gasteiger partial charge on any atom is 0.237 e. The molecule has 1 aromatic carbocycles. The molecule has 1 N–H and O–H groups in total. The molecule has 0 saturated carbocycles. The first kappa shape index (κ1) is 16.3. The maximum absolute atomic E-state index is 12.7. The molecule has 2 aliphatic rings. The van der Waals surface area contributed by atoms with Gasteiger partial charge in [0.25, 0.3) is 0 Å². The number of nitrogens with zero attached hydrogens (tertiary/aromatic N) is 1. The molecule has 0 radical (unpaired) electrons. The number of allylic oxidation sites excluding steroid dienone is 2. The molecule has 1 heterocycles. The largest absolute Gasteiger partial charge is 0.348 e. The van der Waals surface area contributed by atoms with E-state index in [2.05, 4.69) is 48.3 Å². The number of fused-ring (bicyclic) bond motifs is 1. The highest BCUT2D eigenvalue weighted by atomic mass is 16.2. The number of aryl methyl sites for hydroxylation is 1. The van der Waals surface area contributed by atoms with Crippen molar-refractivity contribution in [2.75, 3.05) is 13.1 Å². The minimum absolute atomic E-state index is 0.0490. The second-order valence-electron chi connectivity index (χ2n) is 7.18. The summed E-state index contributed by atoms with van der Waals surface area (Å²) in [6.07, 6.45) is 6.95. The molecule has 1 aliphatic carbocycles. The Labute approximate surface area is 139 Å². The van der Waals surface area contributed by atoms with Gasteiger partial charge >= 0.3 is 0 Å². The number of hydrogen-bond acceptors (Lipinski definition) is 2. The number of nitrogens with one attached hydrogen (secondary N) is 1. The number of amides is 1. The molecule has 23 heavy (non-hydrogen) atoms. The molecular weight excluding hydrogens is 284 g/mol. The van der Waals surface area contributed by atoms with Crippen molar-refractivity contribution in [1.29, 1.82) is 0 Å². The van der Waals surface area contributed by atoms with Gasteiger partial charge in [0.15, 0.2) is 0 Å². The lowest BCUT2D eigenvalue weighted by molar-refractivity contribution is -0.126. The van der Waals surface area contributed by atoms with Crippen molar-refractivity contribution in [2.45, 2.75) is 45.7 Å². The van der Waals surface area contributed by atoms with Crippen molar-refractivity contribution in [1.82, 2.24) is 10.2 Å². The number of likely N-dealkylation sites (tertiary alicyclic amines) is 1. The lowest BCUT2D eigenvalue weighted by Crippen LogP contribution is -2.45. The molecule has 0 spiro atoms. The van der Waals surface area contributed by atoms with E-state index < -0.39 is 0 Å². The molecule has 1 aliphatic heterocycles. The zero-order chi connectivity index (χ0) is 16.4. The van der Waals surface area contributed by atoms with E-state index in [-0.39, 0.29) is 18.0 Å². The Morgan fingerprint density at radius 2 is 1.74 bits per heavy atom. The van der Waals surface area contributed by atoms with Gasteiger partial charge in [-0.3, -0.25) is 9.69 Å². The zero-order valence-corrected chi connectivity index (χ0v) is 14.5. The molecule has 0 aromatic heterocycles. The molecule has 1 aromatic rings. The van der Waals surface area contributed by atoms with Crippen LogP contribution in [0.1, 0.15) is 43.9 Å². The Bertz CT molecular complexity index is 579. The van der Waals surface area contributed by atoms with E-state index in [4.69, 9.17) is 0 Å². The number of carbonyl (C=O) groups is 1. The summed E-state index contributed by atoms with van der Waals surface area (Å²) >= 11 is 0. The fourth-order valence-electron chi connectivity index (χ4n) is 4.02. The van der Waals surface area contributed by atoms with Crippen LogP contribution in [0.5, 0.6) is 0 Å². The third kappa shape index (κ3) is 3.50. The lowest BCUT2D eigenvalue weighted by Gasteiger charge is -2.26. The van der Waals surface area contributed by atoms with Crippen LogP contribution in [0.3, 0.4) is 0 Å². The summed E-state index contributed by atoms with van der Waals surface area (Å²) in [7, 11) is 0. The smallest absolute Gasteiger partial charge is 0.237 e. The first-order chi connectivity index (χ1) is 11.1. The van der Waals surface area contributed by atoms with Crippen LogP contribution in [0.15, 0.2) is 36.4 Å². The topological polar surface area (TPSA) is 32.3 Å². The van der Waals surface area contributed by atoms with Crippen LogP contribution in [0.2, 0.25) is 0 Å². The summed E-state index contributed by atoms with van der Waals surface area (Å²) in [6, 6.07) is 8.27. The van der Waals surface area contributed by atoms with Crippen molar-refractivity contribution in [3.63, 3.8) is 0 Å². The molecule has 124 valence electrons. The Balaban J connectivity index is 1.59. The van der Waals surface area contributed by atoms with E-state index in [0.717, 1.165) is 24.9 Å². The molecule has 3 nitrogen and oxygen atoms in total. The van der Waals surface area contributed by atoms with Crippen LogP contribution in [0.25, 0.3) is 0 Å². The number of hydrogen-bond donors (Lipinski definition) is 1. The van der Waals surface area contributed by atoms with Gasteiger partial charge in [-0.1, -0.05) is 36.4 Å². The van der Waals surface area contributed by atoms with Crippen LogP contribution >= 0.6 is 0 Å². The first-order valence-corrected chi connectivity index (χ1v) is 8.81. The highest BCUT2D eigenvalue weighted by Gasteiger charge is 2.36. The van der Waals surface area contributed by atoms with Gasteiger partial charge in [-0.2, -0.15) is 0 Å². The Morgan fingerprint density at radius 1 is 1.13 bits per heavy atom. The fourth-order valence-corrected chi connectivity index (χ4v) is 4.02. The van der Waals surface area contributed by atoms with E-state index in [1.165, 1.54) is 24.0 Å².